The van der Waals surface area contributed by atoms with Gasteiger partial charge in [0.15, 0.2) is 4.34 Å². The van der Waals surface area contributed by atoms with Gasteiger partial charge in [-0.1, -0.05) is 35.5 Å². The van der Waals surface area contributed by atoms with Crippen molar-refractivity contribution in [1.82, 2.24) is 4.98 Å². The Morgan fingerprint density at radius 1 is 1.25 bits per heavy atom. The van der Waals surface area contributed by atoms with Crippen LogP contribution in [0.4, 0.5) is 10.1 Å². The zero-order chi connectivity index (χ0) is 17.4. The van der Waals surface area contributed by atoms with E-state index in [0.29, 0.717) is 5.69 Å². The smallest absolute Gasteiger partial charge is 0.150 e. The third kappa shape index (κ3) is 3.28. The SMILES string of the molecule is CSc1nc2ccc(F)c(N(I)[C@H](C)c3ccc(C)cc3C)c2s1. The molecule has 0 radical (unpaired) electrons. The van der Waals surface area contributed by atoms with Crippen LogP contribution in [0.25, 0.3) is 10.2 Å². The number of fused-ring (bicyclic) bond motifs is 1. The Morgan fingerprint density at radius 3 is 2.67 bits per heavy atom. The van der Waals surface area contributed by atoms with Gasteiger partial charge in [0, 0.05) is 0 Å². The van der Waals surface area contributed by atoms with Gasteiger partial charge in [0.2, 0.25) is 0 Å². The zero-order valence-corrected chi connectivity index (χ0v) is 17.7. The molecule has 0 spiro atoms. The molecule has 0 bridgehead atoms. The molecule has 0 N–H and O–H groups in total. The first-order valence-electron chi connectivity index (χ1n) is 7.57. The normalized spacial score (nSPS) is 12.6. The molecule has 3 aromatic rings. The Hall–Kier alpha value is -0.860. The third-order valence-corrected chi connectivity index (χ3v) is 7.45. The lowest BCUT2D eigenvalue weighted by Gasteiger charge is -2.27. The van der Waals surface area contributed by atoms with E-state index in [1.807, 2.05) is 9.37 Å². The van der Waals surface area contributed by atoms with Crippen LogP contribution in [-0.2, 0) is 0 Å². The van der Waals surface area contributed by atoms with E-state index in [1.54, 1.807) is 29.2 Å². The van der Waals surface area contributed by atoms with E-state index in [1.165, 1.54) is 22.8 Å². The summed E-state index contributed by atoms with van der Waals surface area (Å²) in [7, 11) is 0. The second kappa shape index (κ2) is 7.17. The van der Waals surface area contributed by atoms with Crippen LogP contribution >= 0.6 is 46.0 Å². The highest BCUT2D eigenvalue weighted by atomic mass is 127. The van der Waals surface area contributed by atoms with Crippen LogP contribution in [0, 0.1) is 19.7 Å². The van der Waals surface area contributed by atoms with Crippen LogP contribution in [0.15, 0.2) is 34.7 Å². The maximum Gasteiger partial charge on any atom is 0.150 e. The van der Waals surface area contributed by atoms with E-state index in [-0.39, 0.29) is 11.9 Å². The summed E-state index contributed by atoms with van der Waals surface area (Å²) in [6.07, 6.45) is 1.99. The number of benzene rings is 2. The molecule has 0 saturated carbocycles. The van der Waals surface area contributed by atoms with Gasteiger partial charge in [-0.05, 0) is 50.3 Å². The maximum absolute atomic E-state index is 14.6. The van der Waals surface area contributed by atoms with Gasteiger partial charge in [0.05, 0.1) is 39.1 Å². The van der Waals surface area contributed by atoms with Crippen LogP contribution in [0.2, 0.25) is 0 Å². The Balaban J connectivity index is 2.08. The third-order valence-electron chi connectivity index (χ3n) is 4.07. The minimum atomic E-state index is -0.204. The molecule has 1 heterocycles. The van der Waals surface area contributed by atoms with E-state index in [2.05, 4.69) is 66.8 Å². The molecule has 0 aliphatic carbocycles. The number of aryl methyl sites for hydroxylation is 2. The first-order chi connectivity index (χ1) is 11.4. The minimum absolute atomic E-state index is 0.0612. The molecule has 0 amide bonds. The largest absolute Gasteiger partial charge is 0.303 e. The van der Waals surface area contributed by atoms with Crippen molar-refractivity contribution in [1.29, 1.82) is 0 Å². The molecular formula is C18H18FIN2S2. The molecule has 0 unspecified atom stereocenters. The molecule has 0 aliphatic rings. The Kier molecular flexibility index (Phi) is 5.36. The van der Waals surface area contributed by atoms with Gasteiger partial charge < -0.3 is 3.11 Å². The molecule has 0 aliphatic heterocycles. The van der Waals surface area contributed by atoms with Gasteiger partial charge in [-0.25, -0.2) is 9.37 Å². The van der Waals surface area contributed by atoms with Gasteiger partial charge in [-0.2, -0.15) is 0 Å². The van der Waals surface area contributed by atoms with Gasteiger partial charge in [0.1, 0.15) is 11.5 Å². The summed E-state index contributed by atoms with van der Waals surface area (Å²) in [6.45, 7) is 6.31. The predicted octanol–water partition coefficient (Wildman–Crippen LogP) is 6.69. The number of thioether (sulfide) groups is 1. The maximum atomic E-state index is 14.6. The summed E-state index contributed by atoms with van der Waals surface area (Å²) < 4.78 is 18.5. The van der Waals surface area contributed by atoms with Crippen molar-refractivity contribution < 1.29 is 4.39 Å². The summed E-state index contributed by atoms with van der Waals surface area (Å²) in [5.74, 6) is -0.204. The van der Waals surface area contributed by atoms with Crippen molar-refractivity contribution in [2.75, 3.05) is 9.37 Å². The van der Waals surface area contributed by atoms with E-state index in [9.17, 15) is 4.39 Å². The molecule has 2 nitrogen and oxygen atoms in total. The molecule has 0 fully saturated rings. The van der Waals surface area contributed by atoms with Crippen molar-refractivity contribution in [3.63, 3.8) is 0 Å². The lowest BCUT2D eigenvalue weighted by atomic mass is 10.00. The lowest BCUT2D eigenvalue weighted by Crippen LogP contribution is -2.17. The fraction of sp³-hybridized carbons (Fsp3) is 0.278. The zero-order valence-electron chi connectivity index (χ0n) is 13.9. The van der Waals surface area contributed by atoms with Crippen LogP contribution in [0.3, 0.4) is 0 Å². The molecule has 3 rings (SSSR count). The second-order valence-electron chi connectivity index (χ2n) is 5.78. The van der Waals surface area contributed by atoms with Gasteiger partial charge >= 0.3 is 0 Å². The summed E-state index contributed by atoms with van der Waals surface area (Å²) >= 11 is 5.37. The lowest BCUT2D eigenvalue weighted by molar-refractivity contribution is 0.626. The molecule has 1 atom stereocenters. The number of halogens is 2. The molecule has 1 aromatic heterocycles. The molecule has 0 saturated heterocycles. The monoisotopic (exact) mass is 472 g/mol. The number of hydrogen-bond donors (Lipinski definition) is 0. The van der Waals surface area contributed by atoms with Crippen LogP contribution in [-0.4, -0.2) is 11.2 Å². The summed E-state index contributed by atoms with van der Waals surface area (Å²) in [5.41, 5.74) is 5.16. The summed E-state index contributed by atoms with van der Waals surface area (Å²) in [6, 6.07) is 9.76. The number of thiazole rings is 1. The molecule has 6 heteroatoms. The van der Waals surface area contributed by atoms with Gasteiger partial charge in [-0.3, -0.25) is 0 Å². The predicted molar refractivity (Wildman–Crippen MR) is 112 cm³/mol. The fourth-order valence-corrected chi connectivity index (χ4v) is 5.37. The van der Waals surface area contributed by atoms with Crippen molar-refractivity contribution in [3.8, 4) is 0 Å². The fourth-order valence-electron chi connectivity index (χ4n) is 2.83. The first kappa shape index (κ1) is 17.9. The average molecular weight is 472 g/mol. The second-order valence-corrected chi connectivity index (χ2v) is 8.87. The first-order valence-corrected chi connectivity index (χ1v) is 10.6. The van der Waals surface area contributed by atoms with E-state index in [0.717, 1.165) is 14.6 Å². The number of anilines is 1. The Morgan fingerprint density at radius 2 is 2.00 bits per heavy atom. The van der Waals surface area contributed by atoms with Crippen molar-refractivity contribution >= 4 is 61.9 Å². The molecular weight excluding hydrogens is 454 g/mol. The van der Waals surface area contributed by atoms with Crippen molar-refractivity contribution in [3.05, 3.63) is 52.8 Å². The van der Waals surface area contributed by atoms with Crippen molar-refractivity contribution in [2.45, 2.75) is 31.2 Å². The van der Waals surface area contributed by atoms with E-state index in [4.69, 9.17) is 0 Å². The number of hydrogen-bond acceptors (Lipinski definition) is 4. The number of rotatable bonds is 4. The standard InChI is InChI=1S/C18H18FIN2S2/c1-10-5-6-13(11(2)9-10)12(3)22(20)16-14(19)7-8-15-17(16)24-18(21-15)23-4/h5-9,12H,1-4H3/t12-/m1/s1. The van der Waals surface area contributed by atoms with Gasteiger partial charge in [-0.15, -0.1) is 11.3 Å². The van der Waals surface area contributed by atoms with E-state index >= 15 is 0 Å². The average Bonchev–Trinajstić information content (AvgIpc) is 2.97. The molecule has 2 aromatic carbocycles. The highest BCUT2D eigenvalue weighted by molar-refractivity contribution is 14.1. The summed E-state index contributed by atoms with van der Waals surface area (Å²) in [4.78, 5) is 4.56. The molecule has 126 valence electrons. The van der Waals surface area contributed by atoms with Crippen molar-refractivity contribution in [2.24, 2.45) is 0 Å². The van der Waals surface area contributed by atoms with Gasteiger partial charge in [0.25, 0.3) is 0 Å². The Bertz CT molecular complexity index is 894. The van der Waals surface area contributed by atoms with Crippen LogP contribution in [0.1, 0.15) is 29.7 Å². The topological polar surface area (TPSA) is 16.1 Å². The van der Waals surface area contributed by atoms with Crippen LogP contribution in [0.5, 0.6) is 0 Å². The highest BCUT2D eigenvalue weighted by Crippen LogP contribution is 2.42. The molecule has 24 heavy (non-hydrogen) atoms. The minimum Gasteiger partial charge on any atom is -0.303 e. The quantitative estimate of drug-likeness (QED) is 0.239. The van der Waals surface area contributed by atoms with Crippen LogP contribution < -0.4 is 3.11 Å². The number of aromatic nitrogens is 1. The van der Waals surface area contributed by atoms with E-state index < -0.39 is 0 Å². The highest BCUT2D eigenvalue weighted by Gasteiger charge is 2.23. The summed E-state index contributed by atoms with van der Waals surface area (Å²) in [5, 5.41) is 0. The number of nitrogens with zero attached hydrogens (tertiary/aromatic N) is 2. The Labute approximate surface area is 164 Å².